The van der Waals surface area contributed by atoms with Gasteiger partial charge in [0.1, 0.15) is 0 Å². The average molecular weight is 179 g/mol. The minimum atomic E-state index is 0. The van der Waals surface area contributed by atoms with Gasteiger partial charge in [0.15, 0.2) is 0 Å². The van der Waals surface area contributed by atoms with E-state index in [1.807, 2.05) is 0 Å². The summed E-state index contributed by atoms with van der Waals surface area (Å²) in [4.78, 5) is 0. The second-order valence-corrected chi connectivity index (χ2v) is 3.92. The molecule has 0 aliphatic carbocycles. The fourth-order valence-electron chi connectivity index (χ4n) is 0.898. The molecule has 0 amide bonds. The van der Waals surface area contributed by atoms with Crippen LogP contribution >= 0.6 is 0 Å². The van der Waals surface area contributed by atoms with Crippen LogP contribution in [0.4, 0.5) is 0 Å². The van der Waals surface area contributed by atoms with Crippen molar-refractivity contribution in [2.45, 2.75) is 24.9 Å². The maximum atomic E-state index is 2.45. The Hall–Kier alpha value is 0.567. The van der Waals surface area contributed by atoms with Crippen LogP contribution in [0.1, 0.15) is 12.8 Å². The molecule has 1 fully saturated rings. The average Bonchev–Trinajstić information content (AvgIpc) is 1.72. The van der Waals surface area contributed by atoms with Gasteiger partial charge in [-0.2, -0.15) is 0 Å². The van der Waals surface area contributed by atoms with E-state index in [0.717, 1.165) is 0 Å². The lowest BCUT2D eigenvalue weighted by molar-refractivity contribution is -0.00000123. The lowest BCUT2D eigenvalue weighted by Gasteiger charge is -1.96. The predicted molar refractivity (Wildman–Crippen MR) is 31.7 cm³/mol. The largest absolute Gasteiger partial charge is 1.00 e. The normalized spacial score (nSPS) is 22.9. The smallest absolute Gasteiger partial charge is 0.0868 e. The summed E-state index contributed by atoms with van der Waals surface area (Å²) in [6.07, 6.45) is 5.37. The fourth-order valence-corrected chi connectivity index (χ4v) is 2.41. The van der Waals surface area contributed by atoms with Gasteiger partial charge in [-0.15, -0.1) is 0 Å². The highest BCUT2D eigenvalue weighted by Crippen LogP contribution is 2.09. The molecule has 0 saturated carbocycles. The molecule has 0 radical (unpaired) electrons. The summed E-state index contributed by atoms with van der Waals surface area (Å²) in [5, 5.41) is 0. The topological polar surface area (TPSA) is 0 Å². The molecule has 1 saturated heterocycles. The highest BCUT2D eigenvalue weighted by atomic mass is 79.9. The third-order valence-corrected chi connectivity index (χ3v) is 3.13. The van der Waals surface area contributed by atoms with E-state index in [9.17, 15) is 0 Å². The van der Waals surface area contributed by atoms with E-state index in [2.05, 4.69) is 6.42 Å². The zero-order valence-electron chi connectivity index (χ0n) is 4.49. The van der Waals surface area contributed by atoms with E-state index < -0.39 is 0 Å². The zero-order chi connectivity index (χ0) is 4.24. The van der Waals surface area contributed by atoms with E-state index in [4.69, 9.17) is 0 Å². The standard InChI is InChI=1S/C5H11Si.BrH/c1-2-4-6-5-3-1;/h2H,1,3-6H2;1H/q+1;/p-1. The van der Waals surface area contributed by atoms with Gasteiger partial charge >= 0.3 is 0 Å². The van der Waals surface area contributed by atoms with Crippen LogP contribution in [0, 0.1) is 6.42 Å². The fraction of sp³-hybridized carbons (Fsp3) is 0.800. The van der Waals surface area contributed by atoms with Gasteiger partial charge in [-0.1, -0.05) is 6.04 Å². The Morgan fingerprint density at radius 3 is 2.43 bits per heavy atom. The van der Waals surface area contributed by atoms with Gasteiger partial charge in [-0.25, -0.2) is 0 Å². The molecule has 0 unspecified atom stereocenters. The molecule has 0 bridgehead atoms. The molecule has 0 atom stereocenters. The van der Waals surface area contributed by atoms with Gasteiger partial charge in [-0.3, -0.25) is 0 Å². The van der Waals surface area contributed by atoms with Gasteiger partial charge < -0.3 is 17.0 Å². The Bertz CT molecular complexity index is 23.6. The second-order valence-electron chi connectivity index (χ2n) is 1.93. The molecule has 0 aromatic rings. The lowest BCUT2D eigenvalue weighted by Crippen LogP contribution is -3.00. The third-order valence-electron chi connectivity index (χ3n) is 1.32. The van der Waals surface area contributed by atoms with E-state index in [0.29, 0.717) is 9.52 Å². The maximum absolute atomic E-state index is 2.45. The first-order valence-corrected chi connectivity index (χ1v) is 4.82. The molecule has 0 N–H and O–H groups in total. The molecule has 42 valence electrons. The van der Waals surface area contributed by atoms with Crippen molar-refractivity contribution in [1.29, 1.82) is 0 Å². The molecule has 0 nitrogen and oxygen atoms in total. The second kappa shape index (κ2) is 4.72. The predicted octanol–water partition coefficient (Wildman–Crippen LogP) is -2.01. The van der Waals surface area contributed by atoms with Crippen LogP contribution in [0.2, 0.25) is 12.1 Å². The third kappa shape index (κ3) is 3.18. The Morgan fingerprint density at radius 2 is 2.29 bits per heavy atom. The molecule has 0 spiro atoms. The monoisotopic (exact) mass is 178 g/mol. The molecule has 7 heavy (non-hydrogen) atoms. The van der Waals surface area contributed by atoms with Crippen molar-refractivity contribution in [2.75, 3.05) is 0 Å². The van der Waals surface area contributed by atoms with Crippen LogP contribution in [0.3, 0.4) is 0 Å². The molecule has 0 aromatic carbocycles. The number of halogens is 1. The van der Waals surface area contributed by atoms with Crippen molar-refractivity contribution >= 4 is 9.52 Å². The molecule has 1 aliphatic rings. The van der Waals surface area contributed by atoms with Crippen LogP contribution in [0.25, 0.3) is 0 Å². The molecular formula is C5H11BrSi. The number of rotatable bonds is 0. The molecule has 0 aromatic heterocycles. The summed E-state index contributed by atoms with van der Waals surface area (Å²) in [5.74, 6) is 0. The molecule has 1 rings (SSSR count). The van der Waals surface area contributed by atoms with Crippen LogP contribution in [0.15, 0.2) is 0 Å². The minimum Gasteiger partial charge on any atom is -1.00 e. The quantitative estimate of drug-likeness (QED) is 0.298. The van der Waals surface area contributed by atoms with Crippen molar-refractivity contribution in [3.05, 3.63) is 6.42 Å². The van der Waals surface area contributed by atoms with Crippen LogP contribution in [-0.4, -0.2) is 9.52 Å². The van der Waals surface area contributed by atoms with Crippen molar-refractivity contribution in [3.63, 3.8) is 0 Å². The summed E-state index contributed by atoms with van der Waals surface area (Å²) >= 11 is 0. The minimum absolute atomic E-state index is 0. The Balaban J connectivity index is 0.000000360. The lowest BCUT2D eigenvalue weighted by atomic mass is 10.3. The molecule has 1 heterocycles. The van der Waals surface area contributed by atoms with Crippen molar-refractivity contribution < 1.29 is 17.0 Å². The first-order valence-electron chi connectivity index (χ1n) is 2.82. The van der Waals surface area contributed by atoms with Gasteiger partial charge in [0.25, 0.3) is 0 Å². The number of hydrogen-bond donors (Lipinski definition) is 0. The number of hydrogen-bond acceptors (Lipinski definition) is 0. The molecular weight excluding hydrogens is 168 g/mol. The van der Waals surface area contributed by atoms with E-state index in [1.54, 1.807) is 6.04 Å². The van der Waals surface area contributed by atoms with Crippen LogP contribution in [0.5, 0.6) is 0 Å². The molecule has 2 heteroatoms. The van der Waals surface area contributed by atoms with Crippen molar-refractivity contribution in [1.82, 2.24) is 0 Å². The van der Waals surface area contributed by atoms with E-state index in [-0.39, 0.29) is 17.0 Å². The van der Waals surface area contributed by atoms with E-state index >= 15 is 0 Å². The molecule has 1 aliphatic heterocycles. The van der Waals surface area contributed by atoms with E-state index in [1.165, 1.54) is 18.9 Å². The Kier molecular flexibility index (Phi) is 5.10. The summed E-state index contributed by atoms with van der Waals surface area (Å²) in [7, 11) is 0.453. The van der Waals surface area contributed by atoms with Crippen molar-refractivity contribution in [3.8, 4) is 0 Å². The van der Waals surface area contributed by atoms with Gasteiger partial charge in [0.05, 0.1) is 28.4 Å². The van der Waals surface area contributed by atoms with Crippen LogP contribution < -0.4 is 17.0 Å². The van der Waals surface area contributed by atoms with Gasteiger partial charge in [-0.05, 0) is 6.42 Å². The first kappa shape index (κ1) is 7.57. The Labute approximate surface area is 58.3 Å². The highest BCUT2D eigenvalue weighted by molar-refractivity contribution is 6.36. The van der Waals surface area contributed by atoms with Gasteiger partial charge in [0.2, 0.25) is 0 Å². The summed E-state index contributed by atoms with van der Waals surface area (Å²) in [6, 6.07) is 3.12. The highest BCUT2D eigenvalue weighted by Gasteiger charge is 2.04. The zero-order valence-corrected chi connectivity index (χ0v) is 7.49. The van der Waals surface area contributed by atoms with Crippen LogP contribution in [-0.2, 0) is 0 Å². The van der Waals surface area contributed by atoms with Gasteiger partial charge in [0, 0.05) is 0 Å². The summed E-state index contributed by atoms with van der Waals surface area (Å²) in [5.41, 5.74) is 0. The first-order chi connectivity index (χ1) is 3.00. The SMILES string of the molecule is [Br-].[CH+]1CCC[SiH2]C1. The van der Waals surface area contributed by atoms with Crippen molar-refractivity contribution in [2.24, 2.45) is 0 Å². The summed E-state index contributed by atoms with van der Waals surface area (Å²) < 4.78 is 0. The maximum Gasteiger partial charge on any atom is 0.0868 e. The summed E-state index contributed by atoms with van der Waals surface area (Å²) in [6.45, 7) is 0. The Morgan fingerprint density at radius 1 is 1.43 bits per heavy atom.